The molecule has 0 radical (unpaired) electrons. The van der Waals surface area contributed by atoms with Crippen molar-refractivity contribution in [1.82, 2.24) is 4.57 Å². The van der Waals surface area contributed by atoms with Gasteiger partial charge in [-0.15, -0.1) is 11.3 Å². The molecule has 0 atom stereocenters. The van der Waals surface area contributed by atoms with Gasteiger partial charge in [0.2, 0.25) is 0 Å². The molecule has 306 valence electrons. The largest absolute Gasteiger partial charge is 0.310 e. The fourth-order valence-corrected chi connectivity index (χ4v) is 13.3. The lowest BCUT2D eigenvalue weighted by Gasteiger charge is -2.40. The predicted molar refractivity (Wildman–Crippen MR) is 280 cm³/mol. The zero-order chi connectivity index (χ0) is 43.1. The second-order valence-electron chi connectivity index (χ2n) is 17.9. The molecule has 0 bridgehead atoms. The molecule has 2 heterocycles. The van der Waals surface area contributed by atoms with Crippen LogP contribution in [0.2, 0.25) is 0 Å². The molecule has 2 aromatic heterocycles. The second kappa shape index (κ2) is 13.4. The quantitative estimate of drug-likeness (QED) is 0.171. The molecule has 2 aliphatic carbocycles. The summed E-state index contributed by atoms with van der Waals surface area (Å²) in [4.78, 5) is 2.53. The molecule has 11 aromatic carbocycles. The van der Waals surface area contributed by atoms with E-state index < -0.39 is 5.41 Å². The van der Waals surface area contributed by atoms with E-state index in [2.05, 4.69) is 240 Å². The Labute approximate surface area is 385 Å². The third-order valence-electron chi connectivity index (χ3n) is 14.8. The van der Waals surface area contributed by atoms with Crippen LogP contribution in [0, 0.1) is 0 Å². The molecule has 2 nitrogen and oxygen atoms in total. The monoisotopic (exact) mass is 854 g/mol. The number of thiophene rings is 1. The first-order chi connectivity index (χ1) is 32.8. The zero-order valence-electron chi connectivity index (χ0n) is 35.7. The number of para-hydroxylation sites is 1. The number of rotatable bonds is 4. The molecule has 0 fully saturated rings. The molecule has 0 N–H and O–H groups in total. The summed E-state index contributed by atoms with van der Waals surface area (Å²) in [7, 11) is 0. The summed E-state index contributed by atoms with van der Waals surface area (Å²) in [6.07, 6.45) is 0. The lowest BCUT2D eigenvalue weighted by Crippen LogP contribution is -2.31. The van der Waals surface area contributed by atoms with E-state index in [1.165, 1.54) is 114 Å². The minimum absolute atomic E-state index is 0.478. The number of benzene rings is 11. The van der Waals surface area contributed by atoms with Gasteiger partial charge in [0.15, 0.2) is 0 Å². The zero-order valence-corrected chi connectivity index (χ0v) is 36.6. The van der Waals surface area contributed by atoms with Gasteiger partial charge in [-0.3, -0.25) is 0 Å². The molecule has 3 heteroatoms. The second-order valence-corrected chi connectivity index (χ2v) is 19.0. The van der Waals surface area contributed by atoms with Crippen LogP contribution in [0.3, 0.4) is 0 Å². The van der Waals surface area contributed by atoms with E-state index in [-0.39, 0.29) is 0 Å². The van der Waals surface area contributed by atoms with E-state index in [4.69, 9.17) is 0 Å². The van der Waals surface area contributed by atoms with Crippen molar-refractivity contribution in [3.63, 3.8) is 0 Å². The highest BCUT2D eigenvalue weighted by molar-refractivity contribution is 7.25. The van der Waals surface area contributed by atoms with Crippen molar-refractivity contribution in [1.29, 1.82) is 0 Å². The molecule has 1 spiro atoms. The Balaban J connectivity index is 1.05. The van der Waals surface area contributed by atoms with Crippen LogP contribution in [0.4, 0.5) is 17.1 Å². The van der Waals surface area contributed by atoms with E-state index in [1.54, 1.807) is 0 Å². The van der Waals surface area contributed by atoms with E-state index >= 15 is 0 Å². The average Bonchev–Trinajstić information content (AvgIpc) is 4.02. The van der Waals surface area contributed by atoms with Crippen LogP contribution in [-0.2, 0) is 5.41 Å². The number of fused-ring (bicyclic) bond motifs is 16. The first kappa shape index (κ1) is 36.1. The van der Waals surface area contributed by atoms with Crippen molar-refractivity contribution < 1.29 is 0 Å². The molecule has 13 aromatic rings. The van der Waals surface area contributed by atoms with Crippen LogP contribution in [0.5, 0.6) is 0 Å². The smallest absolute Gasteiger partial charge is 0.0725 e. The van der Waals surface area contributed by atoms with Gasteiger partial charge in [0.1, 0.15) is 0 Å². The topological polar surface area (TPSA) is 8.17 Å². The van der Waals surface area contributed by atoms with Gasteiger partial charge in [-0.2, -0.15) is 0 Å². The summed E-state index contributed by atoms with van der Waals surface area (Å²) in [5.41, 5.74) is 17.0. The Hall–Kier alpha value is -8.24. The van der Waals surface area contributed by atoms with Crippen LogP contribution < -0.4 is 4.90 Å². The number of anilines is 3. The maximum Gasteiger partial charge on any atom is 0.0725 e. The molecule has 0 saturated carbocycles. The van der Waals surface area contributed by atoms with Crippen molar-refractivity contribution >= 4 is 91.9 Å². The number of nitrogens with zero attached hydrogens (tertiary/aromatic N) is 2. The maximum atomic E-state index is 2.53. The van der Waals surface area contributed by atoms with E-state index in [1.807, 2.05) is 11.3 Å². The van der Waals surface area contributed by atoms with Crippen molar-refractivity contribution in [3.8, 4) is 27.9 Å². The average molecular weight is 855 g/mol. The molecule has 0 amide bonds. The van der Waals surface area contributed by atoms with Crippen LogP contribution >= 0.6 is 11.3 Å². The molecule has 2 aliphatic rings. The van der Waals surface area contributed by atoms with Crippen molar-refractivity contribution in [2.75, 3.05) is 4.90 Å². The summed E-state index contributed by atoms with van der Waals surface area (Å²) in [6.45, 7) is 0. The van der Waals surface area contributed by atoms with Crippen molar-refractivity contribution in [2.45, 2.75) is 5.41 Å². The molecular formula is C63H38N2S. The van der Waals surface area contributed by atoms with Gasteiger partial charge in [0.05, 0.1) is 27.8 Å². The Kier molecular flexibility index (Phi) is 7.34. The van der Waals surface area contributed by atoms with Gasteiger partial charge in [0, 0.05) is 53.1 Å². The van der Waals surface area contributed by atoms with E-state index in [9.17, 15) is 0 Å². The Bertz CT molecular complexity index is 4150. The minimum Gasteiger partial charge on any atom is -0.310 e. The van der Waals surface area contributed by atoms with Gasteiger partial charge in [-0.1, -0.05) is 182 Å². The summed E-state index contributed by atoms with van der Waals surface area (Å²) in [5.74, 6) is 0. The lowest BCUT2D eigenvalue weighted by atomic mass is 9.61. The highest BCUT2D eigenvalue weighted by atomic mass is 32.1. The predicted octanol–water partition coefficient (Wildman–Crippen LogP) is 17.3. The normalized spacial score (nSPS) is 13.3. The molecule has 0 aliphatic heterocycles. The highest BCUT2D eigenvalue weighted by Crippen LogP contribution is 2.62. The van der Waals surface area contributed by atoms with Crippen molar-refractivity contribution in [2.24, 2.45) is 0 Å². The van der Waals surface area contributed by atoms with E-state index in [0.717, 1.165) is 17.1 Å². The molecule has 0 saturated heterocycles. The highest BCUT2D eigenvalue weighted by Gasteiger charge is 2.50. The first-order valence-corrected chi connectivity index (χ1v) is 23.7. The third kappa shape index (κ3) is 4.69. The third-order valence-corrected chi connectivity index (χ3v) is 15.9. The van der Waals surface area contributed by atoms with Crippen molar-refractivity contribution in [3.05, 3.63) is 253 Å². The maximum absolute atomic E-state index is 2.53. The Morgan fingerprint density at radius 2 is 0.894 bits per heavy atom. The summed E-state index contributed by atoms with van der Waals surface area (Å²) in [6, 6.07) is 86.5. The fourth-order valence-electron chi connectivity index (χ4n) is 12.2. The number of hydrogen-bond acceptors (Lipinski definition) is 2. The van der Waals surface area contributed by atoms with Crippen LogP contribution in [-0.4, -0.2) is 4.57 Å². The SMILES string of the molecule is c1ccc2c(c1)-c1ccccc1C21c2ccccc2-c2ccc(N(c3ccc4c(c3)sc3ccccc34)c3ccc4c5ccccc5n(-c5cccc6ccccc56)c4c3)c3cccc1c23. The van der Waals surface area contributed by atoms with Gasteiger partial charge >= 0.3 is 0 Å². The Morgan fingerprint density at radius 3 is 1.68 bits per heavy atom. The minimum atomic E-state index is -0.478. The standard InChI is InChI=1S/C63H38N2S/c1-2-17-42-39(15-1)16-13-29-56(42)65-57-28-11-6-21-46(57)47-33-31-40(37-59(47)65)64(41-32-34-49-48-22-7-12-30-60(48)66-61(49)38-41)58-36-35-50-45-20-5-10-26-54(45)63(55-27-14-23-51(58)62(50)55)52-24-8-3-18-43(52)44-19-4-9-25-53(44)63/h1-38H. The van der Waals surface area contributed by atoms with Gasteiger partial charge < -0.3 is 9.47 Å². The first-order valence-electron chi connectivity index (χ1n) is 22.8. The fraction of sp³-hybridized carbons (Fsp3) is 0.0159. The summed E-state index contributed by atoms with van der Waals surface area (Å²) >= 11 is 1.87. The Morgan fingerprint density at radius 1 is 0.348 bits per heavy atom. The van der Waals surface area contributed by atoms with E-state index in [0.29, 0.717) is 0 Å². The number of aromatic nitrogens is 1. The van der Waals surface area contributed by atoms with Gasteiger partial charge in [-0.25, -0.2) is 0 Å². The lowest BCUT2D eigenvalue weighted by molar-refractivity contribution is 0.773. The van der Waals surface area contributed by atoms with Gasteiger partial charge in [-0.05, 0) is 104 Å². The summed E-state index contributed by atoms with van der Waals surface area (Å²) < 4.78 is 5.07. The molecule has 0 unspecified atom stereocenters. The number of hydrogen-bond donors (Lipinski definition) is 0. The molecule has 66 heavy (non-hydrogen) atoms. The van der Waals surface area contributed by atoms with Gasteiger partial charge in [0.25, 0.3) is 0 Å². The summed E-state index contributed by atoms with van der Waals surface area (Å²) in [5, 5.41) is 10.1. The molecular weight excluding hydrogens is 817 g/mol. The van der Waals surface area contributed by atoms with Crippen LogP contribution in [0.1, 0.15) is 22.3 Å². The van der Waals surface area contributed by atoms with Crippen LogP contribution in [0.25, 0.3) is 91.5 Å². The van der Waals surface area contributed by atoms with Crippen LogP contribution in [0.15, 0.2) is 231 Å². The molecule has 15 rings (SSSR count).